The zero-order valence-electron chi connectivity index (χ0n) is 24.8. The zero-order chi connectivity index (χ0) is 27.4. The number of hydrogen-bond acceptors (Lipinski definition) is 3. The van der Waals surface area contributed by atoms with E-state index in [1.807, 2.05) is 11.9 Å². The SMILES string of the molecule is CCCCCCCCCCC(O)CCCCCCCCCCCN(C)C(=O)CCCCCCCC(=O)O. The maximum absolute atomic E-state index is 12.2. The van der Waals surface area contributed by atoms with Gasteiger partial charge in [-0.2, -0.15) is 0 Å². The van der Waals surface area contributed by atoms with E-state index in [0.29, 0.717) is 6.42 Å². The van der Waals surface area contributed by atoms with Crippen molar-refractivity contribution in [2.24, 2.45) is 0 Å². The molecule has 5 nitrogen and oxygen atoms in total. The molecule has 2 N–H and O–H groups in total. The Morgan fingerprint density at radius 2 is 0.946 bits per heavy atom. The van der Waals surface area contributed by atoms with Crippen LogP contribution in [0.4, 0.5) is 0 Å². The van der Waals surface area contributed by atoms with E-state index in [-0.39, 0.29) is 18.4 Å². The van der Waals surface area contributed by atoms with Crippen molar-refractivity contribution < 1.29 is 19.8 Å². The average Bonchev–Trinajstić information content (AvgIpc) is 2.87. The fourth-order valence-corrected chi connectivity index (χ4v) is 5.02. The van der Waals surface area contributed by atoms with Gasteiger partial charge in [0.15, 0.2) is 0 Å². The molecule has 0 aromatic rings. The van der Waals surface area contributed by atoms with Gasteiger partial charge in [0.05, 0.1) is 6.10 Å². The summed E-state index contributed by atoms with van der Waals surface area (Å²) in [4.78, 5) is 24.6. The Morgan fingerprint density at radius 3 is 1.41 bits per heavy atom. The molecule has 0 radical (unpaired) electrons. The molecule has 0 aromatic carbocycles. The number of carbonyl (C=O) groups is 2. The molecule has 1 atom stereocenters. The molecule has 0 fully saturated rings. The van der Waals surface area contributed by atoms with Crippen LogP contribution in [-0.2, 0) is 9.59 Å². The quantitative estimate of drug-likeness (QED) is 0.0955. The van der Waals surface area contributed by atoms with E-state index in [0.717, 1.165) is 57.9 Å². The first-order valence-electron chi connectivity index (χ1n) is 16.1. The molecule has 0 aliphatic rings. The monoisotopic (exact) mass is 525 g/mol. The number of hydrogen-bond donors (Lipinski definition) is 2. The summed E-state index contributed by atoms with van der Waals surface area (Å²) in [6.45, 7) is 3.12. The van der Waals surface area contributed by atoms with E-state index >= 15 is 0 Å². The summed E-state index contributed by atoms with van der Waals surface area (Å²) in [5, 5.41) is 18.8. The van der Waals surface area contributed by atoms with Gasteiger partial charge in [-0.05, 0) is 32.1 Å². The molecule has 0 rings (SSSR count). The van der Waals surface area contributed by atoms with Crippen LogP contribution in [0.2, 0.25) is 0 Å². The normalized spacial score (nSPS) is 12.1. The van der Waals surface area contributed by atoms with Crippen LogP contribution < -0.4 is 0 Å². The summed E-state index contributed by atoms with van der Waals surface area (Å²) in [5.41, 5.74) is 0. The Bertz CT molecular complexity index is 511. The second-order valence-corrected chi connectivity index (χ2v) is 11.4. The Kier molecular flexibility index (Phi) is 27.1. The molecule has 0 bridgehead atoms. The molecule has 1 unspecified atom stereocenters. The van der Waals surface area contributed by atoms with E-state index in [1.165, 1.54) is 103 Å². The van der Waals surface area contributed by atoms with E-state index in [2.05, 4.69) is 6.92 Å². The topological polar surface area (TPSA) is 77.8 Å². The highest BCUT2D eigenvalue weighted by Gasteiger charge is 2.08. The van der Waals surface area contributed by atoms with Gasteiger partial charge in [0.2, 0.25) is 5.91 Å². The van der Waals surface area contributed by atoms with Gasteiger partial charge in [-0.25, -0.2) is 0 Å². The van der Waals surface area contributed by atoms with Crippen molar-refractivity contribution in [3.8, 4) is 0 Å². The predicted octanol–water partition coefficient (Wildman–Crippen LogP) is 9.05. The summed E-state index contributed by atoms with van der Waals surface area (Å²) in [7, 11) is 1.92. The third-order valence-corrected chi connectivity index (χ3v) is 7.63. The number of amides is 1. The Balaban J connectivity index is 3.35. The lowest BCUT2D eigenvalue weighted by atomic mass is 10.0. The second kappa shape index (κ2) is 27.9. The van der Waals surface area contributed by atoms with Gasteiger partial charge in [-0.15, -0.1) is 0 Å². The number of rotatable bonds is 29. The van der Waals surface area contributed by atoms with Crippen LogP contribution in [-0.4, -0.2) is 46.7 Å². The van der Waals surface area contributed by atoms with Crippen molar-refractivity contribution in [3.05, 3.63) is 0 Å². The van der Waals surface area contributed by atoms with Gasteiger partial charge in [0, 0.05) is 26.4 Å². The minimum atomic E-state index is -0.719. The Labute approximate surface area is 230 Å². The summed E-state index contributed by atoms with van der Waals surface area (Å²) in [6.07, 6.45) is 29.2. The molecule has 0 aliphatic heterocycles. The Hall–Kier alpha value is -1.10. The molecule has 0 spiro atoms. The van der Waals surface area contributed by atoms with Crippen LogP contribution >= 0.6 is 0 Å². The molecule has 1 amide bonds. The number of carboxylic acids is 1. The maximum Gasteiger partial charge on any atom is 0.303 e. The number of carboxylic acid groups (broad SMARTS) is 1. The van der Waals surface area contributed by atoms with Crippen LogP contribution in [0, 0.1) is 0 Å². The van der Waals surface area contributed by atoms with Gasteiger partial charge in [0.25, 0.3) is 0 Å². The molecule has 37 heavy (non-hydrogen) atoms. The number of aliphatic hydroxyl groups is 1. The summed E-state index contributed by atoms with van der Waals surface area (Å²) < 4.78 is 0. The predicted molar refractivity (Wildman–Crippen MR) is 157 cm³/mol. The highest BCUT2D eigenvalue weighted by atomic mass is 16.4. The number of aliphatic carboxylic acids is 1. The van der Waals surface area contributed by atoms with Crippen LogP contribution in [0.3, 0.4) is 0 Å². The average molecular weight is 526 g/mol. The number of unbranched alkanes of at least 4 members (excludes halogenated alkanes) is 19. The van der Waals surface area contributed by atoms with E-state index in [9.17, 15) is 14.7 Å². The first-order chi connectivity index (χ1) is 18.0. The lowest BCUT2D eigenvalue weighted by molar-refractivity contribution is -0.137. The molecule has 0 heterocycles. The molecular formula is C32H63NO4. The number of nitrogens with zero attached hydrogens (tertiary/aromatic N) is 1. The van der Waals surface area contributed by atoms with E-state index in [1.54, 1.807) is 0 Å². The first kappa shape index (κ1) is 35.9. The number of carbonyl (C=O) groups excluding carboxylic acids is 1. The van der Waals surface area contributed by atoms with Crippen molar-refractivity contribution in [1.29, 1.82) is 0 Å². The van der Waals surface area contributed by atoms with Crippen LogP contribution in [0.1, 0.15) is 174 Å². The van der Waals surface area contributed by atoms with Crippen molar-refractivity contribution in [1.82, 2.24) is 4.90 Å². The Morgan fingerprint density at radius 1 is 0.568 bits per heavy atom. The van der Waals surface area contributed by atoms with Crippen molar-refractivity contribution >= 4 is 11.9 Å². The summed E-state index contributed by atoms with van der Waals surface area (Å²) >= 11 is 0. The molecule has 220 valence electrons. The summed E-state index contributed by atoms with van der Waals surface area (Å²) in [5.74, 6) is -0.475. The van der Waals surface area contributed by atoms with Gasteiger partial charge in [-0.3, -0.25) is 9.59 Å². The molecule has 0 saturated heterocycles. The largest absolute Gasteiger partial charge is 0.481 e. The standard InChI is InChI=1S/C32H63NO4/c1-3-4-5-6-7-11-15-20-25-30(34)26-21-16-12-9-8-10-13-19-24-29-33(2)31(35)27-22-17-14-18-23-28-32(36)37/h30,34H,3-29H2,1-2H3,(H,36,37). The lowest BCUT2D eigenvalue weighted by Crippen LogP contribution is -2.27. The highest BCUT2D eigenvalue weighted by molar-refractivity contribution is 5.75. The minimum Gasteiger partial charge on any atom is -0.481 e. The highest BCUT2D eigenvalue weighted by Crippen LogP contribution is 2.15. The maximum atomic E-state index is 12.2. The molecule has 0 aliphatic carbocycles. The van der Waals surface area contributed by atoms with E-state index in [4.69, 9.17) is 5.11 Å². The first-order valence-corrected chi connectivity index (χ1v) is 16.1. The van der Waals surface area contributed by atoms with Gasteiger partial charge >= 0.3 is 5.97 Å². The summed E-state index contributed by atoms with van der Waals surface area (Å²) in [6, 6.07) is 0. The van der Waals surface area contributed by atoms with Crippen molar-refractivity contribution in [2.45, 2.75) is 180 Å². The second-order valence-electron chi connectivity index (χ2n) is 11.4. The van der Waals surface area contributed by atoms with Gasteiger partial charge in [0.1, 0.15) is 0 Å². The third kappa shape index (κ3) is 27.7. The third-order valence-electron chi connectivity index (χ3n) is 7.63. The van der Waals surface area contributed by atoms with Crippen molar-refractivity contribution in [2.75, 3.05) is 13.6 Å². The fraction of sp³-hybridized carbons (Fsp3) is 0.938. The van der Waals surface area contributed by atoms with Crippen LogP contribution in [0.15, 0.2) is 0 Å². The smallest absolute Gasteiger partial charge is 0.303 e. The lowest BCUT2D eigenvalue weighted by Gasteiger charge is -2.17. The van der Waals surface area contributed by atoms with Crippen LogP contribution in [0.5, 0.6) is 0 Å². The van der Waals surface area contributed by atoms with Crippen molar-refractivity contribution in [3.63, 3.8) is 0 Å². The number of aliphatic hydroxyl groups excluding tert-OH is 1. The molecular weight excluding hydrogens is 462 g/mol. The fourth-order valence-electron chi connectivity index (χ4n) is 5.02. The van der Waals surface area contributed by atoms with Crippen LogP contribution in [0.25, 0.3) is 0 Å². The van der Waals surface area contributed by atoms with Gasteiger partial charge in [-0.1, -0.05) is 129 Å². The molecule has 0 saturated carbocycles. The zero-order valence-corrected chi connectivity index (χ0v) is 24.8. The molecule has 0 aromatic heterocycles. The minimum absolute atomic E-state index is 0.0828. The molecule has 5 heteroatoms. The van der Waals surface area contributed by atoms with Gasteiger partial charge < -0.3 is 15.1 Å². The van der Waals surface area contributed by atoms with E-state index < -0.39 is 5.97 Å².